The van der Waals surface area contributed by atoms with Crippen LogP contribution in [0.4, 0.5) is 5.95 Å². The van der Waals surface area contributed by atoms with Gasteiger partial charge < -0.3 is 20.5 Å². The highest BCUT2D eigenvalue weighted by molar-refractivity contribution is 5.31. The van der Waals surface area contributed by atoms with E-state index in [-0.39, 0.29) is 12.7 Å². The van der Waals surface area contributed by atoms with Crippen LogP contribution in [0.2, 0.25) is 0 Å². The van der Waals surface area contributed by atoms with E-state index in [0.29, 0.717) is 25.6 Å². The highest BCUT2D eigenvalue weighted by Gasteiger charge is 2.21. The number of hydrogen-bond acceptors (Lipinski definition) is 6. The Morgan fingerprint density at radius 3 is 3.25 bits per heavy atom. The summed E-state index contributed by atoms with van der Waals surface area (Å²) in [6, 6.07) is 1.80. The molecule has 1 aliphatic rings. The zero-order valence-corrected chi connectivity index (χ0v) is 9.04. The topological polar surface area (TPSA) is 84.5 Å². The molecule has 0 aliphatic carbocycles. The molecule has 1 fully saturated rings. The summed E-state index contributed by atoms with van der Waals surface area (Å²) < 4.78 is 5.36. The number of morpholine rings is 1. The van der Waals surface area contributed by atoms with E-state index in [1.54, 1.807) is 12.3 Å². The number of nitrogens with two attached hydrogens (primary N) is 1. The SMILES string of the molecule is NCc1ccnc(N2CCOC(CO)C2)n1. The molecule has 0 spiro atoms. The Balaban J connectivity index is 2.10. The van der Waals surface area contributed by atoms with Crippen LogP contribution in [0, 0.1) is 0 Å². The van der Waals surface area contributed by atoms with Crippen molar-refractivity contribution in [3.63, 3.8) is 0 Å². The van der Waals surface area contributed by atoms with Gasteiger partial charge in [0.2, 0.25) is 5.95 Å². The maximum atomic E-state index is 9.04. The zero-order chi connectivity index (χ0) is 11.4. The Hall–Kier alpha value is -1.24. The second-order valence-corrected chi connectivity index (χ2v) is 3.67. The summed E-state index contributed by atoms with van der Waals surface area (Å²) in [6.07, 6.45) is 1.55. The fourth-order valence-corrected chi connectivity index (χ4v) is 1.66. The highest BCUT2D eigenvalue weighted by Crippen LogP contribution is 2.12. The minimum atomic E-state index is -0.154. The molecule has 2 rings (SSSR count). The van der Waals surface area contributed by atoms with Crippen molar-refractivity contribution in [2.24, 2.45) is 5.73 Å². The summed E-state index contributed by atoms with van der Waals surface area (Å²) in [5.41, 5.74) is 6.34. The standard InChI is InChI=1S/C10H16N4O2/c11-5-8-1-2-12-10(13-8)14-3-4-16-9(6-14)7-15/h1-2,9,15H,3-7,11H2. The largest absolute Gasteiger partial charge is 0.394 e. The monoisotopic (exact) mass is 224 g/mol. The second kappa shape index (κ2) is 5.20. The molecule has 0 bridgehead atoms. The van der Waals surface area contributed by atoms with Gasteiger partial charge in [0.15, 0.2) is 0 Å². The number of aromatic nitrogens is 2. The summed E-state index contributed by atoms with van der Waals surface area (Å²) in [5, 5.41) is 9.04. The Labute approximate surface area is 94.1 Å². The molecule has 1 saturated heterocycles. The van der Waals surface area contributed by atoms with E-state index in [4.69, 9.17) is 15.6 Å². The van der Waals surface area contributed by atoms with Gasteiger partial charge in [0.05, 0.1) is 25.0 Å². The van der Waals surface area contributed by atoms with E-state index in [2.05, 4.69) is 9.97 Å². The maximum absolute atomic E-state index is 9.04. The third-order valence-corrected chi connectivity index (χ3v) is 2.53. The average molecular weight is 224 g/mol. The highest BCUT2D eigenvalue weighted by atomic mass is 16.5. The van der Waals surface area contributed by atoms with Gasteiger partial charge in [-0.05, 0) is 6.07 Å². The molecule has 1 aromatic heterocycles. The summed E-state index contributed by atoms with van der Waals surface area (Å²) in [7, 11) is 0. The zero-order valence-electron chi connectivity index (χ0n) is 9.04. The lowest BCUT2D eigenvalue weighted by Crippen LogP contribution is -2.44. The van der Waals surface area contributed by atoms with Gasteiger partial charge in [-0.3, -0.25) is 0 Å². The molecule has 88 valence electrons. The van der Waals surface area contributed by atoms with Gasteiger partial charge in [-0.25, -0.2) is 9.97 Å². The van der Waals surface area contributed by atoms with E-state index < -0.39 is 0 Å². The van der Waals surface area contributed by atoms with E-state index >= 15 is 0 Å². The number of anilines is 1. The lowest BCUT2D eigenvalue weighted by atomic mass is 10.3. The number of ether oxygens (including phenoxy) is 1. The van der Waals surface area contributed by atoms with E-state index in [1.807, 2.05) is 4.90 Å². The Morgan fingerprint density at radius 1 is 1.62 bits per heavy atom. The first-order valence-electron chi connectivity index (χ1n) is 5.33. The number of aliphatic hydroxyl groups excluding tert-OH is 1. The Bertz CT molecular complexity index is 347. The van der Waals surface area contributed by atoms with E-state index in [1.165, 1.54) is 0 Å². The van der Waals surface area contributed by atoms with Crippen molar-refractivity contribution in [1.29, 1.82) is 0 Å². The number of rotatable bonds is 3. The molecular formula is C10H16N4O2. The van der Waals surface area contributed by atoms with Crippen LogP contribution in [0.5, 0.6) is 0 Å². The number of nitrogens with zero attached hydrogens (tertiary/aromatic N) is 3. The normalized spacial score (nSPS) is 21.1. The van der Waals surface area contributed by atoms with Crippen molar-refractivity contribution < 1.29 is 9.84 Å². The van der Waals surface area contributed by atoms with Crippen LogP contribution in [-0.2, 0) is 11.3 Å². The van der Waals surface area contributed by atoms with Gasteiger partial charge >= 0.3 is 0 Å². The van der Waals surface area contributed by atoms with Crippen LogP contribution in [0.3, 0.4) is 0 Å². The first-order chi connectivity index (χ1) is 7.83. The summed E-state index contributed by atoms with van der Waals surface area (Å²) >= 11 is 0. The number of hydrogen-bond donors (Lipinski definition) is 2. The molecular weight excluding hydrogens is 208 g/mol. The molecule has 1 atom stereocenters. The molecule has 0 saturated carbocycles. The van der Waals surface area contributed by atoms with Crippen molar-refractivity contribution >= 4 is 5.95 Å². The summed E-state index contributed by atoms with van der Waals surface area (Å²) in [4.78, 5) is 10.5. The molecule has 6 nitrogen and oxygen atoms in total. The second-order valence-electron chi connectivity index (χ2n) is 3.67. The lowest BCUT2D eigenvalue weighted by Gasteiger charge is -2.32. The molecule has 3 N–H and O–H groups in total. The van der Waals surface area contributed by atoms with Crippen molar-refractivity contribution in [1.82, 2.24) is 9.97 Å². The third-order valence-electron chi connectivity index (χ3n) is 2.53. The lowest BCUT2D eigenvalue weighted by molar-refractivity contribution is 0.00313. The predicted molar refractivity (Wildman–Crippen MR) is 59.0 cm³/mol. The Kier molecular flexibility index (Phi) is 3.66. The average Bonchev–Trinajstić information content (AvgIpc) is 2.39. The van der Waals surface area contributed by atoms with Gasteiger partial charge in [-0.2, -0.15) is 0 Å². The number of aliphatic hydroxyl groups is 1. The van der Waals surface area contributed by atoms with Crippen molar-refractivity contribution in [2.45, 2.75) is 12.6 Å². The molecule has 0 radical (unpaired) electrons. The molecule has 1 unspecified atom stereocenters. The van der Waals surface area contributed by atoms with Crippen molar-refractivity contribution in [3.05, 3.63) is 18.0 Å². The van der Waals surface area contributed by atoms with Gasteiger partial charge in [-0.15, -0.1) is 0 Å². The van der Waals surface area contributed by atoms with Crippen LogP contribution in [0.1, 0.15) is 5.69 Å². The summed E-state index contributed by atoms with van der Waals surface area (Å²) in [6.45, 7) is 2.37. The van der Waals surface area contributed by atoms with Crippen molar-refractivity contribution in [3.8, 4) is 0 Å². The van der Waals surface area contributed by atoms with Gasteiger partial charge in [0.25, 0.3) is 0 Å². The fourth-order valence-electron chi connectivity index (χ4n) is 1.66. The smallest absolute Gasteiger partial charge is 0.225 e. The third kappa shape index (κ3) is 2.46. The van der Waals surface area contributed by atoms with Crippen LogP contribution in [-0.4, -0.2) is 47.5 Å². The van der Waals surface area contributed by atoms with Crippen LogP contribution in [0.15, 0.2) is 12.3 Å². The molecule has 0 amide bonds. The van der Waals surface area contributed by atoms with Crippen LogP contribution in [0.25, 0.3) is 0 Å². The molecule has 1 aliphatic heterocycles. The van der Waals surface area contributed by atoms with Crippen LogP contribution >= 0.6 is 0 Å². The van der Waals surface area contributed by atoms with E-state index in [0.717, 1.165) is 12.2 Å². The minimum absolute atomic E-state index is 0.0209. The summed E-state index contributed by atoms with van der Waals surface area (Å²) in [5.74, 6) is 0.657. The Morgan fingerprint density at radius 2 is 2.50 bits per heavy atom. The van der Waals surface area contributed by atoms with E-state index in [9.17, 15) is 0 Å². The van der Waals surface area contributed by atoms with Crippen LogP contribution < -0.4 is 10.6 Å². The fraction of sp³-hybridized carbons (Fsp3) is 0.600. The molecule has 1 aromatic rings. The van der Waals surface area contributed by atoms with Gasteiger partial charge in [-0.1, -0.05) is 0 Å². The minimum Gasteiger partial charge on any atom is -0.394 e. The molecule has 16 heavy (non-hydrogen) atoms. The predicted octanol–water partition coefficient (Wildman–Crippen LogP) is -0.867. The quantitative estimate of drug-likeness (QED) is 0.694. The molecule has 6 heteroatoms. The van der Waals surface area contributed by atoms with Gasteiger partial charge in [0, 0.05) is 25.8 Å². The molecule has 2 heterocycles. The van der Waals surface area contributed by atoms with Gasteiger partial charge in [0.1, 0.15) is 0 Å². The first-order valence-corrected chi connectivity index (χ1v) is 5.33. The van der Waals surface area contributed by atoms with Crippen molar-refractivity contribution in [2.75, 3.05) is 31.2 Å². The first kappa shape index (κ1) is 11.3. The maximum Gasteiger partial charge on any atom is 0.225 e. The molecule has 0 aromatic carbocycles.